The lowest BCUT2D eigenvalue weighted by Gasteiger charge is -2.10. The van der Waals surface area contributed by atoms with E-state index >= 15 is 0 Å². The fourth-order valence-electron chi connectivity index (χ4n) is 1.33. The lowest BCUT2D eigenvalue weighted by atomic mass is 10.0. The van der Waals surface area contributed by atoms with Crippen LogP contribution >= 0.6 is 0 Å². The molecule has 2 atom stereocenters. The highest BCUT2D eigenvalue weighted by Gasteiger charge is 2.22. The van der Waals surface area contributed by atoms with E-state index in [1.807, 2.05) is 6.92 Å². The van der Waals surface area contributed by atoms with Gasteiger partial charge in [0.1, 0.15) is 0 Å². The van der Waals surface area contributed by atoms with Crippen molar-refractivity contribution in [3.63, 3.8) is 0 Å². The van der Waals surface area contributed by atoms with Gasteiger partial charge in [-0.15, -0.1) is 0 Å². The van der Waals surface area contributed by atoms with Crippen molar-refractivity contribution in [1.29, 1.82) is 0 Å². The van der Waals surface area contributed by atoms with E-state index in [4.69, 9.17) is 0 Å². The van der Waals surface area contributed by atoms with Gasteiger partial charge in [0.25, 0.3) is 0 Å². The Morgan fingerprint density at radius 2 is 2.56 bits per heavy atom. The highest BCUT2D eigenvalue weighted by Crippen LogP contribution is 2.14. The van der Waals surface area contributed by atoms with Crippen molar-refractivity contribution in [3.05, 3.63) is 0 Å². The summed E-state index contributed by atoms with van der Waals surface area (Å²) in [4.78, 5) is 0. The molecule has 2 unspecified atom stereocenters. The molecular weight excluding hydrogens is 114 g/mol. The summed E-state index contributed by atoms with van der Waals surface area (Å²) in [6.07, 6.45) is 1.55. The van der Waals surface area contributed by atoms with Crippen molar-refractivity contribution < 1.29 is 5.11 Å². The van der Waals surface area contributed by atoms with Crippen LogP contribution in [0.5, 0.6) is 0 Å². The topological polar surface area (TPSA) is 31.9 Å². The minimum Gasteiger partial charge on any atom is -0.316 e. The van der Waals surface area contributed by atoms with Crippen LogP contribution in [-0.4, -0.2) is 19.2 Å². The third-order valence-corrected chi connectivity index (χ3v) is 2.03. The summed E-state index contributed by atoms with van der Waals surface area (Å²) in [5.41, 5.74) is 0. The molecule has 0 spiro atoms. The molecule has 0 aromatic carbocycles. The van der Waals surface area contributed by atoms with E-state index in [2.05, 4.69) is 5.32 Å². The number of rotatable bonds is 2. The summed E-state index contributed by atoms with van der Waals surface area (Å²) in [7, 11) is 0. The molecular formula is C7H14NO. The van der Waals surface area contributed by atoms with Crippen LogP contribution in [0.25, 0.3) is 0 Å². The minimum atomic E-state index is -0.319. The molecule has 1 heterocycles. The van der Waals surface area contributed by atoms with E-state index in [9.17, 15) is 5.11 Å². The Hall–Kier alpha value is -0.0800. The van der Waals surface area contributed by atoms with Crippen molar-refractivity contribution in [2.24, 2.45) is 5.92 Å². The van der Waals surface area contributed by atoms with Crippen LogP contribution in [0.15, 0.2) is 0 Å². The first kappa shape index (κ1) is 7.03. The van der Waals surface area contributed by atoms with E-state index in [1.54, 1.807) is 0 Å². The number of hydrogen-bond acceptors (Lipinski definition) is 1. The zero-order valence-electron chi connectivity index (χ0n) is 5.89. The van der Waals surface area contributed by atoms with Crippen molar-refractivity contribution in [2.75, 3.05) is 13.1 Å². The minimum absolute atomic E-state index is 0.319. The average molecular weight is 128 g/mol. The summed E-state index contributed by atoms with van der Waals surface area (Å²) in [6, 6.07) is 0. The third-order valence-electron chi connectivity index (χ3n) is 2.03. The van der Waals surface area contributed by atoms with Gasteiger partial charge in [-0.2, -0.15) is 0 Å². The summed E-state index contributed by atoms with van der Waals surface area (Å²) in [6.45, 7) is 3.96. The molecule has 0 bridgehead atoms. The van der Waals surface area contributed by atoms with Gasteiger partial charge in [-0.3, -0.25) is 0 Å². The van der Waals surface area contributed by atoms with Gasteiger partial charge in [0.15, 0.2) is 0 Å². The summed E-state index contributed by atoms with van der Waals surface area (Å²) >= 11 is 0. The molecule has 0 aliphatic carbocycles. The largest absolute Gasteiger partial charge is 0.316 e. The Morgan fingerprint density at radius 1 is 1.78 bits per heavy atom. The third kappa shape index (κ3) is 1.66. The van der Waals surface area contributed by atoms with E-state index in [0.717, 1.165) is 25.9 Å². The Labute approximate surface area is 56.3 Å². The molecule has 1 radical (unpaired) electrons. The molecule has 2 nitrogen and oxygen atoms in total. The second kappa shape index (κ2) is 3.18. The molecule has 1 aliphatic rings. The molecule has 1 N–H and O–H groups in total. The summed E-state index contributed by atoms with van der Waals surface area (Å²) in [5, 5.41) is 14.2. The van der Waals surface area contributed by atoms with Crippen LogP contribution in [0, 0.1) is 5.92 Å². The average Bonchev–Trinajstić information content (AvgIpc) is 2.37. The highest BCUT2D eigenvalue weighted by molar-refractivity contribution is 4.76. The van der Waals surface area contributed by atoms with Crippen LogP contribution in [0.2, 0.25) is 0 Å². The van der Waals surface area contributed by atoms with Crippen LogP contribution in [-0.2, 0) is 5.11 Å². The predicted octanol–water partition coefficient (Wildman–Crippen LogP) is 0.805. The Morgan fingerprint density at radius 3 is 3.00 bits per heavy atom. The van der Waals surface area contributed by atoms with Crippen molar-refractivity contribution in [2.45, 2.75) is 25.9 Å². The lowest BCUT2D eigenvalue weighted by Crippen LogP contribution is -2.20. The van der Waals surface area contributed by atoms with Gasteiger partial charge in [0, 0.05) is 12.5 Å². The standard InChI is InChI=1S/C7H14NO/c1-2-7(9)6-3-4-8-5-6/h6-8H,2-5H2,1H3. The van der Waals surface area contributed by atoms with Crippen molar-refractivity contribution >= 4 is 0 Å². The maximum Gasteiger partial charge on any atom is 0.0968 e. The molecule has 1 rings (SSSR count). The molecule has 1 aliphatic heterocycles. The molecule has 0 aromatic heterocycles. The van der Waals surface area contributed by atoms with Crippen LogP contribution in [0.1, 0.15) is 19.8 Å². The quantitative estimate of drug-likeness (QED) is 0.586. The van der Waals surface area contributed by atoms with E-state index in [1.165, 1.54) is 0 Å². The Kier molecular flexibility index (Phi) is 2.49. The molecule has 0 aromatic rings. The second-order valence-corrected chi connectivity index (χ2v) is 2.70. The fourth-order valence-corrected chi connectivity index (χ4v) is 1.33. The Balaban J connectivity index is 2.24. The summed E-state index contributed by atoms with van der Waals surface area (Å²) in [5.74, 6) is 0.412. The van der Waals surface area contributed by atoms with Gasteiger partial charge in [0.05, 0.1) is 6.10 Å². The van der Waals surface area contributed by atoms with E-state index in [-0.39, 0.29) is 6.10 Å². The molecule has 9 heavy (non-hydrogen) atoms. The maximum atomic E-state index is 11.1. The zero-order chi connectivity index (χ0) is 6.69. The SMILES string of the molecule is CCC([O])C1CCNC1. The second-order valence-electron chi connectivity index (χ2n) is 2.70. The zero-order valence-corrected chi connectivity index (χ0v) is 5.89. The first-order chi connectivity index (χ1) is 4.34. The molecule has 0 amide bonds. The van der Waals surface area contributed by atoms with Gasteiger partial charge in [0.2, 0.25) is 0 Å². The molecule has 2 heteroatoms. The molecule has 53 valence electrons. The highest BCUT2D eigenvalue weighted by atomic mass is 16.3. The molecule has 1 saturated heterocycles. The van der Waals surface area contributed by atoms with E-state index < -0.39 is 0 Å². The smallest absolute Gasteiger partial charge is 0.0968 e. The van der Waals surface area contributed by atoms with Crippen LogP contribution < -0.4 is 5.32 Å². The predicted molar refractivity (Wildman–Crippen MR) is 35.7 cm³/mol. The lowest BCUT2D eigenvalue weighted by molar-refractivity contribution is 0.0407. The Bertz CT molecular complexity index is 79.0. The van der Waals surface area contributed by atoms with Gasteiger partial charge >= 0.3 is 0 Å². The molecule has 1 fully saturated rings. The normalized spacial score (nSPS) is 30.7. The first-order valence-corrected chi connectivity index (χ1v) is 3.71. The monoisotopic (exact) mass is 128 g/mol. The van der Waals surface area contributed by atoms with Gasteiger partial charge in [-0.25, -0.2) is 5.11 Å². The number of hydrogen-bond donors (Lipinski definition) is 1. The molecule has 0 saturated carbocycles. The van der Waals surface area contributed by atoms with Crippen LogP contribution in [0.4, 0.5) is 0 Å². The summed E-state index contributed by atoms with van der Waals surface area (Å²) < 4.78 is 0. The maximum absolute atomic E-state index is 11.1. The van der Waals surface area contributed by atoms with Crippen molar-refractivity contribution in [1.82, 2.24) is 5.32 Å². The van der Waals surface area contributed by atoms with Gasteiger partial charge in [-0.05, 0) is 19.4 Å². The van der Waals surface area contributed by atoms with E-state index in [0.29, 0.717) is 5.92 Å². The van der Waals surface area contributed by atoms with Gasteiger partial charge in [-0.1, -0.05) is 6.92 Å². The van der Waals surface area contributed by atoms with Crippen LogP contribution in [0.3, 0.4) is 0 Å². The first-order valence-electron chi connectivity index (χ1n) is 3.71. The van der Waals surface area contributed by atoms with Gasteiger partial charge < -0.3 is 5.32 Å². The van der Waals surface area contributed by atoms with Crippen molar-refractivity contribution in [3.8, 4) is 0 Å². The number of nitrogens with one attached hydrogen (secondary N) is 1. The fraction of sp³-hybridized carbons (Fsp3) is 1.00.